The zero-order valence-corrected chi connectivity index (χ0v) is 35.2. The molecule has 0 atom stereocenters. The maximum atomic E-state index is 2.49. The van der Waals surface area contributed by atoms with E-state index in [1.54, 1.807) is 0 Å². The van der Waals surface area contributed by atoms with Crippen LogP contribution in [-0.4, -0.2) is 4.57 Å². The Kier molecular flexibility index (Phi) is 9.06. The molecular formula is C60H40N2S. The molecular weight excluding hydrogens is 781 g/mol. The van der Waals surface area contributed by atoms with Gasteiger partial charge >= 0.3 is 0 Å². The fourth-order valence-corrected chi connectivity index (χ4v) is 10.6. The van der Waals surface area contributed by atoms with Gasteiger partial charge in [0, 0.05) is 47.8 Å². The largest absolute Gasteiger partial charge is 0.309 e. The summed E-state index contributed by atoms with van der Waals surface area (Å²) in [5.41, 5.74) is 16.3. The molecule has 2 nitrogen and oxygen atoms in total. The van der Waals surface area contributed by atoms with Gasteiger partial charge < -0.3 is 9.47 Å². The number of benzene rings is 10. The van der Waals surface area contributed by atoms with Crippen LogP contribution in [0.25, 0.3) is 92.2 Å². The fraction of sp³-hybridized carbons (Fsp3) is 0. The molecule has 0 amide bonds. The Balaban J connectivity index is 1.02. The van der Waals surface area contributed by atoms with Gasteiger partial charge in [0.2, 0.25) is 0 Å². The molecule has 63 heavy (non-hydrogen) atoms. The van der Waals surface area contributed by atoms with E-state index in [1.807, 2.05) is 11.3 Å². The van der Waals surface area contributed by atoms with Gasteiger partial charge in [-0.1, -0.05) is 176 Å². The van der Waals surface area contributed by atoms with Crippen LogP contribution < -0.4 is 4.90 Å². The van der Waals surface area contributed by atoms with Crippen LogP contribution in [0.2, 0.25) is 0 Å². The van der Waals surface area contributed by atoms with Crippen molar-refractivity contribution in [2.45, 2.75) is 0 Å². The second-order valence-corrected chi connectivity index (χ2v) is 17.1. The Labute approximate surface area is 370 Å². The molecule has 12 aromatic rings. The third-order valence-electron chi connectivity index (χ3n) is 12.4. The van der Waals surface area contributed by atoms with Gasteiger partial charge in [-0.25, -0.2) is 0 Å². The Morgan fingerprint density at radius 3 is 1.73 bits per heavy atom. The minimum Gasteiger partial charge on any atom is -0.309 e. The number of anilines is 3. The number of fused-ring (bicyclic) bond motifs is 6. The molecule has 2 aromatic heterocycles. The Bertz CT molecular complexity index is 3620. The summed E-state index contributed by atoms with van der Waals surface area (Å²) in [6.45, 7) is 0. The molecule has 0 aliphatic rings. The molecule has 0 saturated heterocycles. The zero-order chi connectivity index (χ0) is 41.7. The van der Waals surface area contributed by atoms with Crippen molar-refractivity contribution in [1.82, 2.24) is 4.57 Å². The fourth-order valence-electron chi connectivity index (χ4n) is 9.51. The lowest BCUT2D eigenvalue weighted by atomic mass is 9.94. The first-order valence-electron chi connectivity index (χ1n) is 21.5. The first-order chi connectivity index (χ1) is 31.3. The monoisotopic (exact) mass is 820 g/mol. The maximum absolute atomic E-state index is 2.49. The van der Waals surface area contributed by atoms with Gasteiger partial charge in [0.25, 0.3) is 0 Å². The van der Waals surface area contributed by atoms with Gasteiger partial charge in [-0.3, -0.25) is 0 Å². The normalized spacial score (nSPS) is 11.5. The Hall–Kier alpha value is -7.98. The standard InChI is InChI=1S/C60H40N2S/c1-4-18-41(19-5-1)44-35-37-55(52(39-44)42-20-6-2-7-21-42)61(47-24-8-3-9-25-47)53-29-13-10-26-48(53)46-23-16-22-43(38-46)45-34-36-50-49-27-11-14-30-54(49)62(57(50)40-45)56-31-17-33-59-60(56)51-28-12-15-32-58(51)63-59/h1-40H. The first-order valence-corrected chi connectivity index (χ1v) is 22.3. The van der Waals surface area contributed by atoms with Crippen LogP contribution in [0.4, 0.5) is 17.1 Å². The molecule has 296 valence electrons. The number of hydrogen-bond acceptors (Lipinski definition) is 2. The van der Waals surface area contributed by atoms with Crippen LogP contribution in [0.5, 0.6) is 0 Å². The van der Waals surface area contributed by atoms with Crippen molar-refractivity contribution in [2.75, 3.05) is 4.90 Å². The van der Waals surface area contributed by atoms with E-state index >= 15 is 0 Å². The average Bonchev–Trinajstić information content (AvgIpc) is 3.91. The highest BCUT2D eigenvalue weighted by Gasteiger charge is 2.22. The molecule has 0 aliphatic carbocycles. The van der Waals surface area contributed by atoms with Gasteiger partial charge in [0.15, 0.2) is 0 Å². The molecule has 12 rings (SSSR count). The molecule has 0 saturated carbocycles. The Morgan fingerprint density at radius 1 is 0.317 bits per heavy atom. The quantitative estimate of drug-likeness (QED) is 0.148. The summed E-state index contributed by atoms with van der Waals surface area (Å²) in [4.78, 5) is 2.43. The van der Waals surface area contributed by atoms with Crippen LogP contribution in [0.15, 0.2) is 243 Å². The smallest absolute Gasteiger partial charge is 0.0555 e. The molecule has 0 bridgehead atoms. The molecule has 2 heterocycles. The van der Waals surface area contributed by atoms with Crippen LogP contribution in [0, 0.1) is 0 Å². The average molecular weight is 821 g/mol. The van der Waals surface area contributed by atoms with Crippen molar-refractivity contribution in [3.05, 3.63) is 243 Å². The van der Waals surface area contributed by atoms with Gasteiger partial charge in [-0.05, 0) is 100 Å². The molecule has 0 spiro atoms. The molecule has 0 N–H and O–H groups in total. The zero-order valence-electron chi connectivity index (χ0n) is 34.4. The van der Waals surface area contributed by atoms with E-state index in [2.05, 4.69) is 252 Å². The van der Waals surface area contributed by atoms with Crippen molar-refractivity contribution in [2.24, 2.45) is 0 Å². The number of nitrogens with zero attached hydrogens (tertiary/aromatic N) is 2. The number of aromatic nitrogens is 1. The number of hydrogen-bond donors (Lipinski definition) is 0. The van der Waals surface area contributed by atoms with Gasteiger partial charge in [0.1, 0.15) is 0 Å². The minimum absolute atomic E-state index is 1.09. The van der Waals surface area contributed by atoms with E-state index in [-0.39, 0.29) is 0 Å². The lowest BCUT2D eigenvalue weighted by molar-refractivity contribution is 1.20. The predicted molar refractivity (Wildman–Crippen MR) is 270 cm³/mol. The number of thiophene rings is 1. The predicted octanol–water partition coefficient (Wildman–Crippen LogP) is 17.3. The molecule has 0 fully saturated rings. The van der Waals surface area contributed by atoms with E-state index < -0.39 is 0 Å². The van der Waals surface area contributed by atoms with Gasteiger partial charge in [-0.15, -0.1) is 11.3 Å². The summed E-state index contributed by atoms with van der Waals surface area (Å²) in [6, 6.07) is 88.4. The van der Waals surface area contributed by atoms with E-state index in [1.165, 1.54) is 81.0 Å². The summed E-state index contributed by atoms with van der Waals surface area (Å²) in [7, 11) is 0. The molecule has 3 heteroatoms. The van der Waals surface area contributed by atoms with Crippen molar-refractivity contribution >= 4 is 70.4 Å². The van der Waals surface area contributed by atoms with Gasteiger partial charge in [-0.2, -0.15) is 0 Å². The first kappa shape index (κ1) is 36.8. The lowest BCUT2D eigenvalue weighted by Gasteiger charge is -2.30. The highest BCUT2D eigenvalue weighted by atomic mass is 32.1. The van der Waals surface area contributed by atoms with E-state index in [4.69, 9.17) is 0 Å². The highest BCUT2D eigenvalue weighted by Crippen LogP contribution is 2.47. The van der Waals surface area contributed by atoms with E-state index in [9.17, 15) is 0 Å². The highest BCUT2D eigenvalue weighted by molar-refractivity contribution is 7.25. The van der Waals surface area contributed by atoms with Crippen molar-refractivity contribution in [1.29, 1.82) is 0 Å². The molecule has 0 radical (unpaired) electrons. The summed E-state index contributed by atoms with van der Waals surface area (Å²) in [6.07, 6.45) is 0. The molecule has 0 unspecified atom stereocenters. The van der Waals surface area contributed by atoms with Crippen LogP contribution >= 0.6 is 11.3 Å². The molecule has 0 aliphatic heterocycles. The van der Waals surface area contributed by atoms with Crippen molar-refractivity contribution in [3.8, 4) is 50.2 Å². The maximum Gasteiger partial charge on any atom is 0.0555 e. The van der Waals surface area contributed by atoms with Crippen LogP contribution in [-0.2, 0) is 0 Å². The third-order valence-corrected chi connectivity index (χ3v) is 13.5. The second kappa shape index (κ2) is 15.5. The SMILES string of the molecule is c1ccc(-c2ccc(N(c3ccccc3)c3ccccc3-c3cccc(-c4ccc5c6ccccc6n(-c6cccc7sc8ccccc8c67)c5c4)c3)c(-c3ccccc3)c2)cc1. The van der Waals surface area contributed by atoms with Crippen LogP contribution in [0.3, 0.4) is 0 Å². The summed E-state index contributed by atoms with van der Waals surface area (Å²) in [5, 5.41) is 5.11. The van der Waals surface area contributed by atoms with Crippen LogP contribution in [0.1, 0.15) is 0 Å². The molecule has 10 aromatic carbocycles. The topological polar surface area (TPSA) is 8.17 Å². The third kappa shape index (κ3) is 6.41. The lowest BCUT2D eigenvalue weighted by Crippen LogP contribution is -2.12. The number of para-hydroxylation sites is 3. The van der Waals surface area contributed by atoms with E-state index in [0.717, 1.165) is 28.2 Å². The summed E-state index contributed by atoms with van der Waals surface area (Å²) < 4.78 is 5.10. The van der Waals surface area contributed by atoms with Crippen molar-refractivity contribution < 1.29 is 0 Å². The summed E-state index contributed by atoms with van der Waals surface area (Å²) >= 11 is 1.87. The number of rotatable bonds is 8. The Morgan fingerprint density at radius 2 is 0.889 bits per heavy atom. The second-order valence-electron chi connectivity index (χ2n) is 16.1. The summed E-state index contributed by atoms with van der Waals surface area (Å²) in [5.74, 6) is 0. The van der Waals surface area contributed by atoms with Gasteiger partial charge in [0.05, 0.1) is 28.1 Å². The van der Waals surface area contributed by atoms with E-state index in [0.29, 0.717) is 0 Å². The minimum atomic E-state index is 1.09. The van der Waals surface area contributed by atoms with Crippen molar-refractivity contribution in [3.63, 3.8) is 0 Å².